The maximum Gasteiger partial charge on any atom is 0.274 e. The maximum atomic E-state index is 13.7. The first kappa shape index (κ1) is 22.2. The number of hydrogen-bond acceptors (Lipinski definition) is 3. The molecule has 4 aromatic rings. The molecule has 1 heterocycles. The second-order valence-corrected chi connectivity index (χ2v) is 7.91. The Balaban J connectivity index is 1.89. The molecule has 0 saturated carbocycles. The van der Waals surface area contributed by atoms with Crippen LogP contribution in [-0.4, -0.2) is 16.9 Å². The second-order valence-electron chi connectivity index (χ2n) is 7.91. The predicted molar refractivity (Wildman–Crippen MR) is 131 cm³/mol. The minimum absolute atomic E-state index is 0.227. The largest absolute Gasteiger partial charge is 0.496 e. The molecule has 4 nitrogen and oxygen atoms in total. The first-order valence-corrected chi connectivity index (χ1v) is 10.7. The van der Waals surface area contributed by atoms with Gasteiger partial charge in [0.2, 0.25) is 0 Å². The quantitative estimate of drug-likeness (QED) is 0.375. The summed E-state index contributed by atoms with van der Waals surface area (Å²) in [5.41, 5.74) is 5.23. The summed E-state index contributed by atoms with van der Waals surface area (Å²) < 4.78 is 20.7. The first-order valence-electron chi connectivity index (χ1n) is 10.7. The average Bonchev–Trinajstić information content (AvgIpc) is 2.81. The third-order valence-electron chi connectivity index (χ3n) is 5.49. The second kappa shape index (κ2) is 9.65. The topological polar surface area (TPSA) is 44.1 Å². The van der Waals surface area contributed by atoms with Crippen molar-refractivity contribution in [3.8, 4) is 16.9 Å². The van der Waals surface area contributed by atoms with Gasteiger partial charge in [-0.2, -0.15) is 5.10 Å². The van der Waals surface area contributed by atoms with E-state index in [-0.39, 0.29) is 11.4 Å². The molecule has 0 aliphatic carbocycles. The lowest BCUT2D eigenvalue weighted by molar-refractivity contribution is 0.416. The van der Waals surface area contributed by atoms with E-state index in [1.54, 1.807) is 31.4 Å². The molecule has 0 aliphatic heterocycles. The van der Waals surface area contributed by atoms with Gasteiger partial charge in [-0.3, -0.25) is 4.79 Å². The summed E-state index contributed by atoms with van der Waals surface area (Å²) in [5.74, 6) is 0.322. The van der Waals surface area contributed by atoms with Gasteiger partial charge in [-0.05, 0) is 49.2 Å². The Morgan fingerprint density at radius 1 is 0.970 bits per heavy atom. The van der Waals surface area contributed by atoms with Crippen molar-refractivity contribution in [1.82, 2.24) is 9.78 Å². The smallest absolute Gasteiger partial charge is 0.274 e. The maximum absolute atomic E-state index is 13.7. The fourth-order valence-corrected chi connectivity index (χ4v) is 3.83. The van der Waals surface area contributed by atoms with Crippen molar-refractivity contribution >= 4 is 12.2 Å². The van der Waals surface area contributed by atoms with Gasteiger partial charge >= 0.3 is 0 Å². The van der Waals surface area contributed by atoms with Crippen LogP contribution >= 0.6 is 0 Å². The van der Waals surface area contributed by atoms with Crippen molar-refractivity contribution in [1.29, 1.82) is 0 Å². The lowest BCUT2D eigenvalue weighted by atomic mass is 9.97. The van der Waals surface area contributed by atoms with Gasteiger partial charge in [0, 0.05) is 11.1 Å². The predicted octanol–water partition coefficient (Wildman–Crippen LogP) is 5.89. The molecule has 0 amide bonds. The minimum Gasteiger partial charge on any atom is -0.496 e. The van der Waals surface area contributed by atoms with Crippen molar-refractivity contribution in [2.24, 2.45) is 0 Å². The highest BCUT2D eigenvalue weighted by Crippen LogP contribution is 2.33. The van der Waals surface area contributed by atoms with E-state index in [0.29, 0.717) is 34.7 Å². The standard InChI is InChI=1S/C28H25FN2O2/c1-19-11-13-22(14-12-19)18-31-28(32)25(16-15-21-7-6-8-23(29)17-21)27(20(2)30-31)24-9-4-5-10-26(24)33-3/h4-17H,18H2,1-3H3/b16-15+. The molecule has 33 heavy (non-hydrogen) atoms. The van der Waals surface area contributed by atoms with E-state index in [1.807, 2.05) is 62.4 Å². The van der Waals surface area contributed by atoms with Crippen LogP contribution in [0.1, 0.15) is 27.9 Å². The molecule has 0 unspecified atom stereocenters. The van der Waals surface area contributed by atoms with E-state index in [2.05, 4.69) is 5.10 Å². The molecular formula is C28H25FN2O2. The molecule has 0 saturated heterocycles. The average molecular weight is 441 g/mol. The van der Waals surface area contributed by atoms with Crippen molar-refractivity contribution in [3.63, 3.8) is 0 Å². The molecule has 1 aromatic heterocycles. The number of methoxy groups -OCH3 is 1. The molecule has 0 bridgehead atoms. The number of hydrogen-bond donors (Lipinski definition) is 0. The van der Waals surface area contributed by atoms with Crippen molar-refractivity contribution in [2.45, 2.75) is 20.4 Å². The molecule has 0 N–H and O–H groups in total. The first-order chi connectivity index (χ1) is 16.0. The van der Waals surface area contributed by atoms with Gasteiger partial charge in [-0.1, -0.05) is 66.2 Å². The molecule has 0 spiro atoms. The Kier molecular flexibility index (Phi) is 6.50. The number of aryl methyl sites for hydroxylation is 2. The van der Waals surface area contributed by atoms with E-state index >= 15 is 0 Å². The molecular weight excluding hydrogens is 415 g/mol. The molecule has 0 radical (unpaired) electrons. The van der Waals surface area contributed by atoms with Gasteiger partial charge in [-0.15, -0.1) is 0 Å². The Hall–Kier alpha value is -3.99. The van der Waals surface area contributed by atoms with E-state index in [9.17, 15) is 9.18 Å². The molecule has 0 fully saturated rings. The number of nitrogens with zero attached hydrogens (tertiary/aromatic N) is 2. The van der Waals surface area contributed by atoms with Crippen LogP contribution in [0.4, 0.5) is 4.39 Å². The van der Waals surface area contributed by atoms with Gasteiger partial charge in [0.25, 0.3) is 5.56 Å². The van der Waals surface area contributed by atoms with Gasteiger partial charge in [0.15, 0.2) is 0 Å². The van der Waals surface area contributed by atoms with Crippen LogP contribution in [0.3, 0.4) is 0 Å². The van der Waals surface area contributed by atoms with E-state index in [4.69, 9.17) is 4.74 Å². The van der Waals surface area contributed by atoms with E-state index in [0.717, 1.165) is 16.7 Å². The van der Waals surface area contributed by atoms with Crippen LogP contribution in [0.2, 0.25) is 0 Å². The highest BCUT2D eigenvalue weighted by molar-refractivity contribution is 5.84. The summed E-state index contributed by atoms with van der Waals surface area (Å²) in [6.07, 6.45) is 3.48. The molecule has 4 rings (SSSR count). The van der Waals surface area contributed by atoms with Gasteiger partial charge in [-0.25, -0.2) is 9.07 Å². The minimum atomic E-state index is -0.329. The normalized spacial score (nSPS) is 11.2. The molecule has 3 aromatic carbocycles. The third-order valence-corrected chi connectivity index (χ3v) is 5.49. The lowest BCUT2D eigenvalue weighted by Crippen LogP contribution is -2.27. The van der Waals surface area contributed by atoms with Crippen LogP contribution in [-0.2, 0) is 6.54 Å². The summed E-state index contributed by atoms with van der Waals surface area (Å²) in [4.78, 5) is 13.6. The van der Waals surface area contributed by atoms with Crippen molar-refractivity contribution in [2.75, 3.05) is 7.11 Å². The number of halogens is 1. The Labute approximate surface area is 192 Å². The monoisotopic (exact) mass is 440 g/mol. The summed E-state index contributed by atoms with van der Waals surface area (Å²) >= 11 is 0. The lowest BCUT2D eigenvalue weighted by Gasteiger charge is -2.16. The highest BCUT2D eigenvalue weighted by Gasteiger charge is 2.18. The van der Waals surface area contributed by atoms with Crippen molar-refractivity contribution < 1.29 is 9.13 Å². The number of benzene rings is 3. The van der Waals surface area contributed by atoms with E-state index < -0.39 is 0 Å². The van der Waals surface area contributed by atoms with Crippen LogP contribution in [0.5, 0.6) is 5.75 Å². The highest BCUT2D eigenvalue weighted by atomic mass is 19.1. The number of aromatic nitrogens is 2. The Bertz CT molecular complexity index is 1370. The Morgan fingerprint density at radius 3 is 2.45 bits per heavy atom. The van der Waals surface area contributed by atoms with Crippen LogP contribution in [0.25, 0.3) is 23.3 Å². The molecule has 0 aliphatic rings. The zero-order valence-electron chi connectivity index (χ0n) is 18.9. The summed E-state index contributed by atoms with van der Waals surface area (Å²) in [6.45, 7) is 4.26. The SMILES string of the molecule is COc1ccccc1-c1c(C)nn(Cc2ccc(C)cc2)c(=O)c1/C=C/c1cccc(F)c1. The molecule has 166 valence electrons. The van der Waals surface area contributed by atoms with Gasteiger partial charge in [0.05, 0.1) is 24.9 Å². The van der Waals surface area contributed by atoms with Gasteiger partial charge in [0.1, 0.15) is 11.6 Å². The summed E-state index contributed by atoms with van der Waals surface area (Å²) in [7, 11) is 1.60. The third kappa shape index (κ3) is 4.93. The zero-order valence-corrected chi connectivity index (χ0v) is 18.9. The fraction of sp³-hybridized carbons (Fsp3) is 0.143. The van der Waals surface area contributed by atoms with Gasteiger partial charge < -0.3 is 4.74 Å². The number of para-hydroxylation sites is 1. The van der Waals surface area contributed by atoms with Crippen LogP contribution in [0, 0.1) is 19.7 Å². The van der Waals surface area contributed by atoms with E-state index in [1.165, 1.54) is 16.8 Å². The summed E-state index contributed by atoms with van der Waals surface area (Å²) in [5, 5.41) is 4.63. The number of rotatable bonds is 6. The number of ether oxygens (including phenoxy) is 1. The zero-order chi connectivity index (χ0) is 23.4. The fourth-order valence-electron chi connectivity index (χ4n) is 3.83. The summed E-state index contributed by atoms with van der Waals surface area (Å²) in [6, 6.07) is 21.8. The van der Waals surface area contributed by atoms with Crippen LogP contribution < -0.4 is 10.3 Å². The van der Waals surface area contributed by atoms with Crippen molar-refractivity contribution in [3.05, 3.63) is 117 Å². The molecule has 0 atom stereocenters. The molecule has 5 heteroatoms. The van der Waals surface area contributed by atoms with Crippen LogP contribution in [0.15, 0.2) is 77.6 Å². The Morgan fingerprint density at radius 2 is 1.73 bits per heavy atom.